The molecular formula is C17H18N4O3S. The number of methoxy groups -OCH3 is 1. The molecule has 0 saturated carbocycles. The summed E-state index contributed by atoms with van der Waals surface area (Å²) < 4.78 is 12.1. The maximum Gasteiger partial charge on any atom is 0.238 e. The van der Waals surface area contributed by atoms with Gasteiger partial charge in [-0.25, -0.2) is 4.98 Å². The summed E-state index contributed by atoms with van der Waals surface area (Å²) in [7, 11) is 1.63. The topological polar surface area (TPSA) is 82.2 Å². The first-order chi connectivity index (χ1) is 12.1. The molecule has 0 bridgehead atoms. The zero-order valence-corrected chi connectivity index (χ0v) is 14.9. The molecule has 0 aliphatic heterocycles. The van der Waals surface area contributed by atoms with E-state index in [1.165, 1.54) is 11.8 Å². The Labute approximate surface area is 149 Å². The first-order valence-electron chi connectivity index (χ1n) is 7.65. The molecule has 3 rings (SSSR count). The van der Waals surface area contributed by atoms with E-state index in [-0.39, 0.29) is 11.2 Å². The van der Waals surface area contributed by atoms with Gasteiger partial charge >= 0.3 is 0 Å². The number of anilines is 1. The molecule has 1 atom stereocenters. The lowest BCUT2D eigenvalue weighted by Gasteiger charge is -2.12. The van der Waals surface area contributed by atoms with Crippen LogP contribution in [-0.2, 0) is 4.79 Å². The number of benzene rings is 1. The van der Waals surface area contributed by atoms with Crippen LogP contribution < -0.4 is 10.1 Å². The summed E-state index contributed by atoms with van der Waals surface area (Å²) in [6, 6.07) is 9.33. The van der Waals surface area contributed by atoms with E-state index in [0.717, 1.165) is 11.4 Å². The summed E-state index contributed by atoms with van der Waals surface area (Å²) in [4.78, 5) is 16.7. The van der Waals surface area contributed by atoms with Crippen LogP contribution >= 0.6 is 11.8 Å². The molecule has 0 radical (unpaired) electrons. The van der Waals surface area contributed by atoms with Crippen LogP contribution in [0.1, 0.15) is 12.7 Å². The molecule has 1 N–H and O–H groups in total. The van der Waals surface area contributed by atoms with E-state index < -0.39 is 0 Å². The minimum Gasteiger partial charge on any atom is -0.497 e. The second kappa shape index (κ2) is 7.43. The SMILES string of the molecule is COc1cccc(-n2ccnc2SC(C)C(=O)Nc2cc(C)on2)c1. The van der Waals surface area contributed by atoms with E-state index in [9.17, 15) is 4.79 Å². The van der Waals surface area contributed by atoms with Crippen LogP contribution in [0.5, 0.6) is 5.75 Å². The molecule has 0 fully saturated rings. The van der Waals surface area contributed by atoms with Gasteiger partial charge in [-0.15, -0.1) is 0 Å². The molecule has 1 amide bonds. The zero-order chi connectivity index (χ0) is 17.8. The Balaban J connectivity index is 1.72. The Morgan fingerprint density at radius 1 is 1.40 bits per heavy atom. The molecule has 25 heavy (non-hydrogen) atoms. The third-order valence-electron chi connectivity index (χ3n) is 3.47. The molecular weight excluding hydrogens is 340 g/mol. The number of amides is 1. The third-order valence-corrected chi connectivity index (χ3v) is 4.55. The molecule has 3 aromatic rings. The number of imidazole rings is 1. The van der Waals surface area contributed by atoms with Crippen molar-refractivity contribution in [1.82, 2.24) is 14.7 Å². The van der Waals surface area contributed by atoms with Gasteiger partial charge in [0.25, 0.3) is 0 Å². The van der Waals surface area contributed by atoms with Gasteiger partial charge in [0.2, 0.25) is 5.91 Å². The summed E-state index contributed by atoms with van der Waals surface area (Å²) in [6.07, 6.45) is 3.55. The van der Waals surface area contributed by atoms with Crippen LogP contribution in [0.4, 0.5) is 5.82 Å². The van der Waals surface area contributed by atoms with Crippen LogP contribution in [0, 0.1) is 6.92 Å². The van der Waals surface area contributed by atoms with Gasteiger partial charge in [0.1, 0.15) is 11.5 Å². The normalized spacial score (nSPS) is 12.0. The third kappa shape index (κ3) is 4.03. The number of rotatable bonds is 6. The molecule has 2 heterocycles. The van der Waals surface area contributed by atoms with E-state index in [1.807, 2.05) is 42.0 Å². The lowest BCUT2D eigenvalue weighted by Crippen LogP contribution is -2.23. The largest absolute Gasteiger partial charge is 0.497 e. The summed E-state index contributed by atoms with van der Waals surface area (Å²) in [5.74, 6) is 1.64. The molecule has 0 spiro atoms. The van der Waals surface area contributed by atoms with Crippen molar-refractivity contribution >= 4 is 23.5 Å². The highest BCUT2D eigenvalue weighted by Gasteiger charge is 2.19. The highest BCUT2D eigenvalue weighted by molar-refractivity contribution is 8.00. The Hall–Kier alpha value is -2.74. The van der Waals surface area contributed by atoms with Crippen LogP contribution in [0.3, 0.4) is 0 Å². The number of ether oxygens (including phenoxy) is 1. The second-order valence-electron chi connectivity index (χ2n) is 5.35. The number of carbonyl (C=O) groups excluding carboxylic acids is 1. The van der Waals surface area contributed by atoms with Gasteiger partial charge in [0, 0.05) is 24.5 Å². The number of aryl methyl sites for hydroxylation is 1. The smallest absolute Gasteiger partial charge is 0.238 e. The predicted molar refractivity (Wildman–Crippen MR) is 95.3 cm³/mol. The summed E-state index contributed by atoms with van der Waals surface area (Å²) in [5, 5.41) is 6.86. The number of carbonyl (C=O) groups is 1. The van der Waals surface area contributed by atoms with Gasteiger partial charge in [-0.3, -0.25) is 9.36 Å². The number of hydrogen-bond donors (Lipinski definition) is 1. The Kier molecular flexibility index (Phi) is 5.08. The van der Waals surface area contributed by atoms with Gasteiger partial charge in [-0.1, -0.05) is 23.0 Å². The number of nitrogens with one attached hydrogen (secondary N) is 1. The van der Waals surface area contributed by atoms with E-state index in [4.69, 9.17) is 9.26 Å². The fourth-order valence-electron chi connectivity index (χ4n) is 2.20. The van der Waals surface area contributed by atoms with Gasteiger partial charge in [0.15, 0.2) is 11.0 Å². The fraction of sp³-hybridized carbons (Fsp3) is 0.235. The van der Waals surface area contributed by atoms with E-state index in [1.54, 1.807) is 26.3 Å². The summed E-state index contributed by atoms with van der Waals surface area (Å²) in [6.45, 7) is 3.59. The fourth-order valence-corrected chi connectivity index (χ4v) is 3.08. The van der Waals surface area contributed by atoms with Gasteiger partial charge < -0.3 is 14.6 Å². The van der Waals surface area contributed by atoms with E-state index >= 15 is 0 Å². The predicted octanol–water partition coefficient (Wildman–Crippen LogP) is 3.30. The zero-order valence-electron chi connectivity index (χ0n) is 14.1. The number of hydrogen-bond acceptors (Lipinski definition) is 6. The monoisotopic (exact) mass is 358 g/mol. The average molecular weight is 358 g/mol. The van der Waals surface area contributed by atoms with Gasteiger partial charge in [-0.2, -0.15) is 0 Å². The highest BCUT2D eigenvalue weighted by Crippen LogP contribution is 2.26. The van der Waals surface area contributed by atoms with Crippen molar-refractivity contribution in [2.75, 3.05) is 12.4 Å². The molecule has 0 aliphatic rings. The van der Waals surface area contributed by atoms with Crippen LogP contribution in [0.25, 0.3) is 5.69 Å². The van der Waals surface area contributed by atoms with Crippen molar-refractivity contribution in [2.24, 2.45) is 0 Å². The highest BCUT2D eigenvalue weighted by atomic mass is 32.2. The lowest BCUT2D eigenvalue weighted by atomic mass is 10.3. The van der Waals surface area contributed by atoms with Crippen molar-refractivity contribution < 1.29 is 14.1 Å². The molecule has 0 aliphatic carbocycles. The molecule has 8 heteroatoms. The van der Waals surface area contributed by atoms with Crippen molar-refractivity contribution in [1.29, 1.82) is 0 Å². The van der Waals surface area contributed by atoms with Crippen molar-refractivity contribution in [2.45, 2.75) is 24.3 Å². The maximum atomic E-state index is 12.3. The summed E-state index contributed by atoms with van der Waals surface area (Å²) >= 11 is 1.36. The van der Waals surface area contributed by atoms with Gasteiger partial charge in [0.05, 0.1) is 18.0 Å². The van der Waals surface area contributed by atoms with Gasteiger partial charge in [-0.05, 0) is 26.0 Å². The molecule has 1 aromatic carbocycles. The summed E-state index contributed by atoms with van der Waals surface area (Å²) in [5.41, 5.74) is 0.916. The Bertz CT molecular complexity index is 874. The first-order valence-corrected chi connectivity index (χ1v) is 8.53. The standard InChI is InChI=1S/C17H18N4O3S/c1-11-9-15(20-24-11)19-16(22)12(2)25-17-18-7-8-21(17)13-5-4-6-14(10-13)23-3/h4-10,12H,1-3H3,(H,19,20,22). The van der Waals surface area contributed by atoms with Crippen molar-refractivity contribution in [3.8, 4) is 11.4 Å². The second-order valence-corrected chi connectivity index (χ2v) is 6.66. The first kappa shape index (κ1) is 17.1. The minimum absolute atomic E-state index is 0.168. The molecule has 1 unspecified atom stereocenters. The Morgan fingerprint density at radius 2 is 2.24 bits per heavy atom. The van der Waals surface area contributed by atoms with Crippen LogP contribution in [-0.4, -0.2) is 33.0 Å². The molecule has 7 nitrogen and oxygen atoms in total. The number of aromatic nitrogens is 3. The minimum atomic E-state index is -0.358. The van der Waals surface area contributed by atoms with Crippen LogP contribution in [0.2, 0.25) is 0 Å². The quantitative estimate of drug-likeness (QED) is 0.681. The molecule has 130 valence electrons. The van der Waals surface area contributed by atoms with Crippen molar-refractivity contribution in [3.05, 3.63) is 48.5 Å². The average Bonchev–Trinajstić information content (AvgIpc) is 3.23. The Morgan fingerprint density at radius 3 is 2.96 bits per heavy atom. The van der Waals surface area contributed by atoms with E-state index in [2.05, 4.69) is 15.5 Å². The van der Waals surface area contributed by atoms with Crippen LogP contribution in [0.15, 0.2) is 52.4 Å². The molecule has 2 aromatic heterocycles. The maximum absolute atomic E-state index is 12.3. The van der Waals surface area contributed by atoms with E-state index in [0.29, 0.717) is 16.7 Å². The number of nitrogens with zero attached hydrogens (tertiary/aromatic N) is 3. The number of thioether (sulfide) groups is 1. The van der Waals surface area contributed by atoms with Crippen molar-refractivity contribution in [3.63, 3.8) is 0 Å². The molecule has 0 saturated heterocycles. The lowest BCUT2D eigenvalue weighted by molar-refractivity contribution is -0.115.